The molecule has 0 aliphatic rings. The van der Waals surface area contributed by atoms with E-state index < -0.39 is 17.6 Å². The molecule has 4 nitrogen and oxygen atoms in total. The molecule has 0 spiro atoms. The van der Waals surface area contributed by atoms with Crippen molar-refractivity contribution in [1.29, 1.82) is 0 Å². The number of carbonyl (C=O) groups is 1. The number of hydrogen-bond acceptors (Lipinski definition) is 3. The third-order valence-electron chi connectivity index (χ3n) is 2.19. The van der Waals surface area contributed by atoms with E-state index in [0.29, 0.717) is 6.07 Å². The number of hydrogen-bond donors (Lipinski definition) is 0. The van der Waals surface area contributed by atoms with Gasteiger partial charge >= 0.3 is 5.97 Å². The van der Waals surface area contributed by atoms with Crippen molar-refractivity contribution in [3.63, 3.8) is 0 Å². The molecule has 84 valence electrons. The smallest absolute Gasteiger partial charge is 0.356 e. The highest BCUT2D eigenvalue weighted by Crippen LogP contribution is 2.17. The van der Waals surface area contributed by atoms with Gasteiger partial charge in [-0.25, -0.2) is 18.6 Å². The summed E-state index contributed by atoms with van der Waals surface area (Å²) in [5, 5.41) is 0. The lowest BCUT2D eigenvalue weighted by Gasteiger charge is -2.01. The molecule has 0 fully saturated rings. The Balaban J connectivity index is 2.83. The monoisotopic (exact) mass is 226 g/mol. The lowest BCUT2D eigenvalue weighted by atomic mass is 10.3. The first-order valence-electron chi connectivity index (χ1n) is 4.46. The van der Waals surface area contributed by atoms with Gasteiger partial charge in [-0.2, -0.15) is 0 Å². The second-order valence-electron chi connectivity index (χ2n) is 3.24. The van der Waals surface area contributed by atoms with E-state index in [1.54, 1.807) is 0 Å². The van der Waals surface area contributed by atoms with Gasteiger partial charge in [-0.1, -0.05) is 0 Å². The van der Waals surface area contributed by atoms with E-state index in [0.717, 1.165) is 10.6 Å². The summed E-state index contributed by atoms with van der Waals surface area (Å²) in [7, 11) is 1.19. The molecule has 0 aromatic carbocycles. The molecule has 0 aliphatic carbocycles. The fraction of sp³-hybridized carbons (Fsp3) is 0.200. The van der Waals surface area contributed by atoms with Gasteiger partial charge in [0.25, 0.3) is 0 Å². The minimum atomic E-state index is -0.821. The van der Waals surface area contributed by atoms with E-state index in [9.17, 15) is 13.6 Å². The summed E-state index contributed by atoms with van der Waals surface area (Å²) in [4.78, 5) is 15.2. The zero-order valence-corrected chi connectivity index (χ0v) is 8.62. The number of esters is 1. The molecule has 0 amide bonds. The van der Waals surface area contributed by atoms with Gasteiger partial charge in [-0.3, -0.25) is 4.40 Å². The molecule has 6 heteroatoms. The number of nitrogens with zero attached hydrogens (tertiary/aromatic N) is 2. The lowest BCUT2D eigenvalue weighted by Crippen LogP contribution is -2.07. The molecule has 0 aliphatic heterocycles. The van der Waals surface area contributed by atoms with Crippen molar-refractivity contribution in [1.82, 2.24) is 9.38 Å². The van der Waals surface area contributed by atoms with Crippen LogP contribution in [0.4, 0.5) is 8.78 Å². The highest BCUT2D eigenvalue weighted by molar-refractivity contribution is 5.89. The number of rotatable bonds is 1. The zero-order chi connectivity index (χ0) is 11.9. The van der Waals surface area contributed by atoms with Crippen LogP contribution in [-0.4, -0.2) is 22.5 Å². The third-order valence-corrected chi connectivity index (χ3v) is 2.19. The van der Waals surface area contributed by atoms with Gasteiger partial charge in [-0.05, 0) is 6.92 Å². The van der Waals surface area contributed by atoms with Crippen molar-refractivity contribution in [2.45, 2.75) is 6.92 Å². The molecule has 2 heterocycles. The first kappa shape index (κ1) is 10.5. The SMILES string of the molecule is COC(=O)c1c(C)nc2c(F)cc(F)cn12. The number of halogens is 2. The fourth-order valence-corrected chi connectivity index (χ4v) is 1.53. The van der Waals surface area contributed by atoms with Gasteiger partial charge in [0.2, 0.25) is 0 Å². The molecule has 0 N–H and O–H groups in total. The molecule has 0 bridgehead atoms. The lowest BCUT2D eigenvalue weighted by molar-refractivity contribution is 0.0592. The van der Waals surface area contributed by atoms with Crippen LogP contribution < -0.4 is 0 Å². The van der Waals surface area contributed by atoms with Crippen LogP contribution in [0.1, 0.15) is 16.2 Å². The molecule has 16 heavy (non-hydrogen) atoms. The Kier molecular flexibility index (Phi) is 2.34. The maximum atomic E-state index is 13.3. The van der Waals surface area contributed by atoms with Gasteiger partial charge in [0.1, 0.15) is 5.82 Å². The van der Waals surface area contributed by atoms with E-state index in [4.69, 9.17) is 0 Å². The largest absolute Gasteiger partial charge is 0.464 e. The second-order valence-corrected chi connectivity index (χ2v) is 3.24. The van der Waals surface area contributed by atoms with Crippen LogP contribution in [0.15, 0.2) is 12.3 Å². The minimum absolute atomic E-state index is 0.0240. The van der Waals surface area contributed by atoms with Crippen LogP contribution in [0, 0.1) is 18.6 Å². The number of ether oxygens (including phenoxy) is 1. The average Bonchev–Trinajstić information content (AvgIpc) is 2.54. The standard InChI is InChI=1S/C10H8F2N2O2/c1-5-8(10(15)16-2)14-4-6(11)3-7(12)9(14)13-5/h3-4H,1-2H3. The number of carbonyl (C=O) groups excluding carboxylic acids is 1. The van der Waals surface area contributed by atoms with Crippen molar-refractivity contribution >= 4 is 11.6 Å². The Morgan fingerprint density at radius 2 is 2.19 bits per heavy atom. The van der Waals surface area contributed by atoms with E-state index in [1.807, 2.05) is 0 Å². The van der Waals surface area contributed by atoms with E-state index >= 15 is 0 Å². The maximum Gasteiger partial charge on any atom is 0.356 e. The number of pyridine rings is 1. The van der Waals surface area contributed by atoms with Crippen LogP contribution in [0.3, 0.4) is 0 Å². The zero-order valence-electron chi connectivity index (χ0n) is 8.62. The molecule has 0 saturated carbocycles. The Hall–Kier alpha value is -1.98. The summed E-state index contributed by atoms with van der Waals surface area (Å²) in [6.45, 7) is 1.52. The molecule has 2 aromatic rings. The molecule has 0 atom stereocenters. The minimum Gasteiger partial charge on any atom is -0.464 e. The van der Waals surface area contributed by atoms with Crippen molar-refractivity contribution in [3.05, 3.63) is 35.3 Å². The predicted octanol–water partition coefficient (Wildman–Crippen LogP) is 1.71. The van der Waals surface area contributed by atoms with Gasteiger partial charge in [-0.15, -0.1) is 0 Å². The van der Waals surface area contributed by atoms with Gasteiger partial charge in [0.05, 0.1) is 12.8 Å². The first-order valence-corrected chi connectivity index (χ1v) is 4.46. The number of aromatic nitrogens is 2. The van der Waals surface area contributed by atoms with Crippen molar-refractivity contribution in [3.8, 4) is 0 Å². The van der Waals surface area contributed by atoms with Crippen LogP contribution in [0.25, 0.3) is 5.65 Å². The summed E-state index contributed by atoms with van der Waals surface area (Å²) in [5.41, 5.74) is 0.214. The summed E-state index contributed by atoms with van der Waals surface area (Å²) >= 11 is 0. The Labute approximate surface area is 89.5 Å². The molecular weight excluding hydrogens is 218 g/mol. The number of aryl methyl sites for hydroxylation is 1. The van der Waals surface area contributed by atoms with E-state index in [-0.39, 0.29) is 17.0 Å². The van der Waals surface area contributed by atoms with Crippen LogP contribution in [0.2, 0.25) is 0 Å². The van der Waals surface area contributed by atoms with E-state index in [1.165, 1.54) is 14.0 Å². The van der Waals surface area contributed by atoms with Gasteiger partial charge in [0.15, 0.2) is 17.2 Å². The second kappa shape index (κ2) is 3.55. The Bertz CT molecular complexity index is 578. The highest BCUT2D eigenvalue weighted by Gasteiger charge is 2.19. The van der Waals surface area contributed by atoms with Crippen LogP contribution in [-0.2, 0) is 4.74 Å². The number of imidazole rings is 1. The Morgan fingerprint density at radius 3 is 2.81 bits per heavy atom. The van der Waals surface area contributed by atoms with E-state index in [2.05, 4.69) is 9.72 Å². The van der Waals surface area contributed by atoms with Gasteiger partial charge < -0.3 is 4.74 Å². The summed E-state index contributed by atoms with van der Waals surface area (Å²) in [5.74, 6) is -2.29. The highest BCUT2D eigenvalue weighted by atomic mass is 19.1. The normalized spacial score (nSPS) is 10.8. The predicted molar refractivity (Wildman–Crippen MR) is 51.2 cm³/mol. The quantitative estimate of drug-likeness (QED) is 0.695. The maximum absolute atomic E-state index is 13.3. The first-order chi connectivity index (χ1) is 7.54. The molecule has 0 saturated heterocycles. The number of methoxy groups -OCH3 is 1. The average molecular weight is 226 g/mol. The molecule has 2 rings (SSSR count). The summed E-state index contributed by atoms with van der Waals surface area (Å²) < 4.78 is 31.9. The molecule has 2 aromatic heterocycles. The molecular formula is C10H8F2N2O2. The Morgan fingerprint density at radius 1 is 1.50 bits per heavy atom. The summed E-state index contributed by atoms with van der Waals surface area (Å²) in [6.07, 6.45) is 0.991. The van der Waals surface area contributed by atoms with Gasteiger partial charge in [0, 0.05) is 12.3 Å². The van der Waals surface area contributed by atoms with Crippen molar-refractivity contribution < 1.29 is 18.3 Å². The van der Waals surface area contributed by atoms with Crippen LogP contribution >= 0.6 is 0 Å². The third kappa shape index (κ3) is 1.42. The number of fused-ring (bicyclic) bond motifs is 1. The summed E-state index contributed by atoms with van der Waals surface area (Å²) in [6, 6.07) is 0.711. The van der Waals surface area contributed by atoms with Crippen LogP contribution in [0.5, 0.6) is 0 Å². The molecule has 0 unspecified atom stereocenters. The fourth-order valence-electron chi connectivity index (χ4n) is 1.53. The van der Waals surface area contributed by atoms with Crippen molar-refractivity contribution in [2.75, 3.05) is 7.11 Å². The van der Waals surface area contributed by atoms with Crippen molar-refractivity contribution in [2.24, 2.45) is 0 Å². The topological polar surface area (TPSA) is 43.6 Å². The molecule has 0 radical (unpaired) electrons.